The topological polar surface area (TPSA) is 204 Å². The van der Waals surface area contributed by atoms with Crippen molar-refractivity contribution in [2.75, 3.05) is 11.5 Å². The van der Waals surface area contributed by atoms with Gasteiger partial charge >= 0.3 is 0 Å². The van der Waals surface area contributed by atoms with Crippen LogP contribution in [0, 0.1) is 25.5 Å². The van der Waals surface area contributed by atoms with Gasteiger partial charge in [0.05, 0.1) is 25.0 Å². The van der Waals surface area contributed by atoms with E-state index in [4.69, 9.17) is 20.3 Å². The Balaban J connectivity index is 0.000000152. The van der Waals surface area contributed by atoms with Crippen molar-refractivity contribution in [2.24, 2.45) is 0 Å². The quantitative estimate of drug-likeness (QED) is 0.255. The minimum atomic E-state index is -0.674. The number of pyridine rings is 1. The second-order valence-corrected chi connectivity index (χ2v) is 10.6. The fraction of sp³-hybridized carbons (Fsp3) is 0.129. The second kappa shape index (κ2) is 12.3. The molecule has 4 N–H and O–H groups in total. The first-order chi connectivity index (χ1) is 23.2. The number of anilines is 2. The van der Waals surface area contributed by atoms with Crippen molar-refractivity contribution in [1.82, 2.24) is 54.9 Å². The van der Waals surface area contributed by atoms with Crippen LogP contribution in [0.1, 0.15) is 22.7 Å². The number of nitrogens with two attached hydrogens (primary N) is 2. The molecule has 0 bridgehead atoms. The van der Waals surface area contributed by atoms with Gasteiger partial charge in [-0.3, -0.25) is 4.98 Å². The molecule has 240 valence electrons. The van der Waals surface area contributed by atoms with E-state index in [9.17, 15) is 8.78 Å². The van der Waals surface area contributed by atoms with E-state index >= 15 is 0 Å². The Labute approximate surface area is 269 Å². The average Bonchev–Trinajstić information content (AvgIpc) is 3.87. The largest absolute Gasteiger partial charge is 0.463 e. The first-order valence-electron chi connectivity index (χ1n) is 14.4. The number of nitrogen functional groups attached to an aromatic ring is 2. The zero-order chi connectivity index (χ0) is 33.4. The molecule has 0 saturated carbocycles. The Hall–Kier alpha value is -6.65. The lowest BCUT2D eigenvalue weighted by Crippen LogP contribution is -2.06. The molecule has 0 saturated heterocycles. The monoisotopic (exact) mass is 649 g/mol. The zero-order valence-electron chi connectivity index (χ0n) is 25.4. The molecule has 0 unspecified atom stereocenters. The molecule has 0 fully saturated rings. The third kappa shape index (κ3) is 5.98. The van der Waals surface area contributed by atoms with Crippen molar-refractivity contribution in [3.8, 4) is 22.9 Å². The van der Waals surface area contributed by atoms with Crippen molar-refractivity contribution >= 4 is 34.2 Å². The summed E-state index contributed by atoms with van der Waals surface area (Å²) in [4.78, 5) is 21.3. The molecule has 0 amide bonds. The van der Waals surface area contributed by atoms with Gasteiger partial charge in [-0.05, 0) is 56.3 Å². The van der Waals surface area contributed by atoms with Crippen LogP contribution in [0.3, 0.4) is 0 Å². The molecule has 0 atom stereocenters. The molecule has 8 rings (SSSR count). The van der Waals surface area contributed by atoms with E-state index in [1.165, 1.54) is 23.1 Å². The highest BCUT2D eigenvalue weighted by Gasteiger charge is 2.19. The first kappa shape index (κ1) is 30.0. The molecule has 17 heteroatoms. The molecule has 1 aromatic carbocycles. The van der Waals surface area contributed by atoms with Gasteiger partial charge < -0.3 is 20.3 Å². The van der Waals surface area contributed by atoms with Crippen molar-refractivity contribution in [3.63, 3.8) is 0 Å². The summed E-state index contributed by atoms with van der Waals surface area (Å²) in [6, 6.07) is 16.3. The van der Waals surface area contributed by atoms with Crippen molar-refractivity contribution < 1.29 is 17.6 Å². The van der Waals surface area contributed by atoms with Crippen LogP contribution in [-0.4, -0.2) is 54.9 Å². The molecular weight excluding hydrogens is 624 g/mol. The number of aryl methyl sites for hydroxylation is 2. The number of halogens is 2. The molecule has 48 heavy (non-hydrogen) atoms. The van der Waals surface area contributed by atoms with E-state index in [1.807, 2.05) is 44.2 Å². The molecule has 0 radical (unpaired) electrons. The minimum absolute atomic E-state index is 0.0111. The third-order valence-electron chi connectivity index (χ3n) is 7.08. The van der Waals surface area contributed by atoms with Gasteiger partial charge in [0.15, 0.2) is 33.8 Å². The van der Waals surface area contributed by atoms with E-state index in [0.717, 1.165) is 23.2 Å². The summed E-state index contributed by atoms with van der Waals surface area (Å²) in [6.45, 7) is 4.29. The predicted molar refractivity (Wildman–Crippen MR) is 169 cm³/mol. The van der Waals surface area contributed by atoms with E-state index < -0.39 is 11.6 Å². The van der Waals surface area contributed by atoms with Crippen LogP contribution >= 0.6 is 0 Å². The lowest BCUT2D eigenvalue weighted by molar-refractivity contribution is 0.547. The molecular formula is C31H25F2N13O2. The van der Waals surface area contributed by atoms with Crippen molar-refractivity contribution in [1.29, 1.82) is 0 Å². The molecule has 8 aromatic rings. The summed E-state index contributed by atoms with van der Waals surface area (Å²) in [6.07, 6.45) is 1.50. The molecule has 0 aliphatic heterocycles. The number of rotatable bonds is 6. The SMILES string of the molecule is Cc1cccc(Cn2nnc3c(-c4ccc(C)o4)nc(N)nc32)n1.Nc1nc(-c2ccco2)c2nnn(Cc3ccc(F)cc3F)c2n1. The highest BCUT2D eigenvalue weighted by molar-refractivity contribution is 5.86. The maximum absolute atomic E-state index is 13.9. The van der Waals surface area contributed by atoms with Gasteiger partial charge in [-0.1, -0.05) is 22.6 Å². The van der Waals surface area contributed by atoms with Gasteiger partial charge in [0.25, 0.3) is 0 Å². The number of fused-ring (bicyclic) bond motifs is 2. The first-order valence-corrected chi connectivity index (χ1v) is 14.4. The fourth-order valence-corrected chi connectivity index (χ4v) is 4.93. The summed E-state index contributed by atoms with van der Waals surface area (Å²) in [5.74, 6) is 0.677. The summed E-state index contributed by atoms with van der Waals surface area (Å²) in [5, 5.41) is 16.4. The molecule has 15 nitrogen and oxygen atoms in total. The van der Waals surface area contributed by atoms with Gasteiger partial charge in [0.2, 0.25) is 11.9 Å². The van der Waals surface area contributed by atoms with E-state index in [0.29, 0.717) is 51.8 Å². The van der Waals surface area contributed by atoms with Gasteiger partial charge in [-0.2, -0.15) is 9.97 Å². The van der Waals surface area contributed by atoms with E-state index in [-0.39, 0.29) is 24.0 Å². The zero-order valence-corrected chi connectivity index (χ0v) is 25.4. The van der Waals surface area contributed by atoms with Crippen LogP contribution < -0.4 is 11.5 Å². The Kier molecular flexibility index (Phi) is 7.68. The average molecular weight is 650 g/mol. The minimum Gasteiger partial charge on any atom is -0.463 e. The van der Waals surface area contributed by atoms with Gasteiger partial charge in [-0.25, -0.2) is 28.1 Å². The molecule has 7 aromatic heterocycles. The van der Waals surface area contributed by atoms with Gasteiger partial charge in [0, 0.05) is 17.3 Å². The molecule has 0 aliphatic rings. The smallest absolute Gasteiger partial charge is 0.222 e. The Morgan fingerprint density at radius 2 is 1.40 bits per heavy atom. The highest BCUT2D eigenvalue weighted by atomic mass is 19.1. The summed E-state index contributed by atoms with van der Waals surface area (Å²) in [7, 11) is 0. The number of hydrogen-bond donors (Lipinski definition) is 2. The van der Waals surface area contributed by atoms with Crippen LogP contribution in [0.25, 0.3) is 45.2 Å². The number of benzene rings is 1. The molecule has 7 heterocycles. The summed E-state index contributed by atoms with van der Waals surface area (Å²) < 4.78 is 40.9. The van der Waals surface area contributed by atoms with Crippen LogP contribution in [-0.2, 0) is 13.1 Å². The standard InChI is InChI=1S/C16H15N7O.C15H10F2N6O/c1-9-4-3-5-11(18-9)8-23-15-14(21-22-23)13(19-16(17)20-15)12-7-6-10(2)24-12;16-9-4-3-8(10(17)6-9)7-23-14-13(21-22-23)12(19-15(18)20-14)11-2-1-5-24-11/h3-7H,8H2,1-2H3,(H2,17,19,20);1-6H,7H2,(H2,18,19,20). The van der Waals surface area contributed by atoms with E-state index in [2.05, 4.69) is 45.5 Å². The third-order valence-corrected chi connectivity index (χ3v) is 7.08. The van der Waals surface area contributed by atoms with Crippen molar-refractivity contribution in [2.45, 2.75) is 26.9 Å². The Morgan fingerprint density at radius 3 is 2.00 bits per heavy atom. The Bertz CT molecular complexity index is 2400. The Morgan fingerprint density at radius 1 is 0.708 bits per heavy atom. The summed E-state index contributed by atoms with van der Waals surface area (Å²) in [5.41, 5.74) is 16.4. The number of nitrogens with zero attached hydrogens (tertiary/aromatic N) is 11. The van der Waals surface area contributed by atoms with Crippen LogP contribution in [0.15, 0.2) is 75.8 Å². The summed E-state index contributed by atoms with van der Waals surface area (Å²) >= 11 is 0. The lowest BCUT2D eigenvalue weighted by Gasteiger charge is -2.05. The predicted octanol–water partition coefficient (Wildman–Crippen LogP) is 4.51. The van der Waals surface area contributed by atoms with Crippen LogP contribution in [0.2, 0.25) is 0 Å². The maximum Gasteiger partial charge on any atom is 0.222 e. The second-order valence-electron chi connectivity index (χ2n) is 10.6. The van der Waals surface area contributed by atoms with Gasteiger partial charge in [-0.15, -0.1) is 10.2 Å². The number of aromatic nitrogens is 11. The van der Waals surface area contributed by atoms with Crippen molar-refractivity contribution in [3.05, 3.63) is 101 Å². The normalized spacial score (nSPS) is 11.2. The van der Waals surface area contributed by atoms with Crippen LogP contribution in [0.5, 0.6) is 0 Å². The fourth-order valence-electron chi connectivity index (χ4n) is 4.93. The van der Waals surface area contributed by atoms with Gasteiger partial charge in [0.1, 0.15) is 28.8 Å². The maximum atomic E-state index is 13.9. The number of furan rings is 2. The number of hydrogen-bond acceptors (Lipinski definition) is 13. The lowest BCUT2D eigenvalue weighted by atomic mass is 10.2. The van der Waals surface area contributed by atoms with E-state index in [1.54, 1.807) is 16.8 Å². The molecule has 0 spiro atoms. The highest BCUT2D eigenvalue weighted by Crippen LogP contribution is 2.28. The molecule has 0 aliphatic carbocycles. The van der Waals surface area contributed by atoms with Crippen LogP contribution in [0.4, 0.5) is 20.7 Å².